The average molecular weight is 335 g/mol. The molecule has 0 saturated carbocycles. The van der Waals surface area contributed by atoms with Crippen molar-refractivity contribution < 1.29 is 19.1 Å². The first-order chi connectivity index (χ1) is 11.0. The SMILES string of the molecule is CC(C)(C)OC(=O)CNCc1ccccc1CC(=O)OC(C)(C)C. The van der Waals surface area contributed by atoms with Gasteiger partial charge in [-0.15, -0.1) is 0 Å². The van der Waals surface area contributed by atoms with Crippen molar-refractivity contribution in [3.05, 3.63) is 35.4 Å². The van der Waals surface area contributed by atoms with Crippen molar-refractivity contribution in [1.29, 1.82) is 0 Å². The molecule has 0 aliphatic heterocycles. The molecule has 0 spiro atoms. The highest BCUT2D eigenvalue weighted by Crippen LogP contribution is 2.14. The summed E-state index contributed by atoms with van der Waals surface area (Å²) in [5.74, 6) is -0.561. The first-order valence-corrected chi connectivity index (χ1v) is 8.17. The predicted molar refractivity (Wildman–Crippen MR) is 93.5 cm³/mol. The van der Waals surface area contributed by atoms with Crippen LogP contribution in [0.2, 0.25) is 0 Å². The number of benzene rings is 1. The van der Waals surface area contributed by atoms with E-state index in [-0.39, 0.29) is 24.9 Å². The van der Waals surface area contributed by atoms with Crippen LogP contribution >= 0.6 is 0 Å². The molecule has 0 bridgehead atoms. The lowest BCUT2D eigenvalue weighted by Gasteiger charge is -2.20. The van der Waals surface area contributed by atoms with Crippen LogP contribution < -0.4 is 5.32 Å². The van der Waals surface area contributed by atoms with Crippen LogP contribution in [-0.2, 0) is 32.0 Å². The first-order valence-electron chi connectivity index (χ1n) is 8.17. The van der Waals surface area contributed by atoms with Gasteiger partial charge in [-0.05, 0) is 52.7 Å². The highest BCUT2D eigenvalue weighted by Gasteiger charge is 2.18. The number of esters is 2. The van der Waals surface area contributed by atoms with E-state index in [0.29, 0.717) is 6.54 Å². The van der Waals surface area contributed by atoms with Gasteiger partial charge in [0.25, 0.3) is 0 Å². The van der Waals surface area contributed by atoms with E-state index in [1.54, 1.807) is 0 Å². The number of hydrogen-bond acceptors (Lipinski definition) is 5. The molecule has 0 aromatic heterocycles. The van der Waals surface area contributed by atoms with Crippen molar-refractivity contribution in [3.63, 3.8) is 0 Å². The van der Waals surface area contributed by atoms with Crippen LogP contribution in [0, 0.1) is 0 Å². The monoisotopic (exact) mass is 335 g/mol. The number of hydrogen-bond donors (Lipinski definition) is 1. The molecule has 1 aromatic carbocycles. The van der Waals surface area contributed by atoms with E-state index >= 15 is 0 Å². The Morgan fingerprint density at radius 3 is 1.92 bits per heavy atom. The van der Waals surface area contributed by atoms with E-state index in [4.69, 9.17) is 9.47 Å². The van der Waals surface area contributed by atoms with Crippen LogP contribution in [-0.4, -0.2) is 29.7 Å². The zero-order chi connectivity index (χ0) is 18.4. The second kappa shape index (κ2) is 8.29. The molecule has 1 rings (SSSR count). The summed E-state index contributed by atoms with van der Waals surface area (Å²) in [6.07, 6.45) is 0.210. The molecule has 134 valence electrons. The van der Waals surface area contributed by atoms with Gasteiger partial charge in [-0.25, -0.2) is 0 Å². The molecular formula is C19H29NO4. The molecule has 1 N–H and O–H groups in total. The van der Waals surface area contributed by atoms with Gasteiger partial charge in [0.1, 0.15) is 11.2 Å². The molecule has 5 heteroatoms. The molecule has 0 saturated heterocycles. The lowest BCUT2D eigenvalue weighted by atomic mass is 10.0. The summed E-state index contributed by atoms with van der Waals surface area (Å²) in [6, 6.07) is 7.62. The van der Waals surface area contributed by atoms with Gasteiger partial charge in [-0.1, -0.05) is 24.3 Å². The highest BCUT2D eigenvalue weighted by molar-refractivity contribution is 5.73. The second-order valence-electron chi connectivity index (χ2n) is 7.72. The number of carbonyl (C=O) groups is 2. The Kier molecular flexibility index (Phi) is 6.96. The lowest BCUT2D eigenvalue weighted by Crippen LogP contribution is -2.31. The Labute approximate surface area is 144 Å². The highest BCUT2D eigenvalue weighted by atomic mass is 16.6. The molecule has 0 fully saturated rings. The zero-order valence-corrected chi connectivity index (χ0v) is 15.6. The fraction of sp³-hybridized carbons (Fsp3) is 0.579. The molecular weight excluding hydrogens is 306 g/mol. The van der Waals surface area contributed by atoms with Gasteiger partial charge < -0.3 is 14.8 Å². The van der Waals surface area contributed by atoms with Gasteiger partial charge >= 0.3 is 11.9 Å². The average Bonchev–Trinajstić information content (AvgIpc) is 2.36. The van der Waals surface area contributed by atoms with Crippen LogP contribution in [0.15, 0.2) is 24.3 Å². The van der Waals surface area contributed by atoms with Crippen molar-refractivity contribution in [2.45, 2.75) is 65.7 Å². The summed E-state index contributed by atoms with van der Waals surface area (Å²) >= 11 is 0. The van der Waals surface area contributed by atoms with Crippen LogP contribution in [0.25, 0.3) is 0 Å². The molecule has 0 aliphatic rings. The quantitative estimate of drug-likeness (QED) is 0.810. The molecule has 0 amide bonds. The zero-order valence-electron chi connectivity index (χ0n) is 15.6. The standard InChI is InChI=1S/C19H29NO4/c1-18(2,3)23-16(21)11-14-9-7-8-10-15(14)12-20-13-17(22)24-19(4,5)6/h7-10,20H,11-13H2,1-6H3. The topological polar surface area (TPSA) is 64.6 Å². The predicted octanol–water partition coefficient (Wildman–Crippen LogP) is 3.00. The van der Waals surface area contributed by atoms with Crippen molar-refractivity contribution in [1.82, 2.24) is 5.32 Å². The van der Waals surface area contributed by atoms with E-state index in [2.05, 4.69) is 5.32 Å². The van der Waals surface area contributed by atoms with E-state index in [1.165, 1.54) is 0 Å². The van der Waals surface area contributed by atoms with Crippen molar-refractivity contribution in [3.8, 4) is 0 Å². The normalized spacial score (nSPS) is 11.9. The minimum absolute atomic E-state index is 0.123. The molecule has 1 aromatic rings. The summed E-state index contributed by atoms with van der Waals surface area (Å²) in [6.45, 7) is 11.6. The maximum atomic E-state index is 12.0. The van der Waals surface area contributed by atoms with Gasteiger partial charge in [-0.3, -0.25) is 9.59 Å². The molecule has 5 nitrogen and oxygen atoms in total. The minimum Gasteiger partial charge on any atom is -0.460 e. The molecule has 0 unspecified atom stereocenters. The smallest absolute Gasteiger partial charge is 0.320 e. The summed E-state index contributed by atoms with van der Waals surface area (Å²) in [5, 5.41) is 3.06. The third kappa shape index (κ3) is 8.67. The van der Waals surface area contributed by atoms with Gasteiger partial charge in [-0.2, -0.15) is 0 Å². The summed E-state index contributed by atoms with van der Waals surface area (Å²) in [7, 11) is 0. The van der Waals surface area contributed by atoms with Crippen LogP contribution in [0.1, 0.15) is 52.7 Å². The summed E-state index contributed by atoms with van der Waals surface area (Å²) in [5.41, 5.74) is 0.865. The number of nitrogens with one attached hydrogen (secondary N) is 1. The Morgan fingerprint density at radius 2 is 1.38 bits per heavy atom. The lowest BCUT2D eigenvalue weighted by molar-refractivity contribution is -0.155. The molecule has 0 radical (unpaired) electrons. The van der Waals surface area contributed by atoms with E-state index in [0.717, 1.165) is 11.1 Å². The van der Waals surface area contributed by atoms with Gasteiger partial charge in [0, 0.05) is 6.54 Å². The fourth-order valence-corrected chi connectivity index (χ4v) is 2.11. The Bertz CT molecular complexity index is 567. The van der Waals surface area contributed by atoms with Crippen LogP contribution in [0.3, 0.4) is 0 Å². The van der Waals surface area contributed by atoms with Gasteiger partial charge in [0.15, 0.2) is 0 Å². The van der Waals surface area contributed by atoms with E-state index in [1.807, 2.05) is 65.8 Å². The molecule has 0 atom stereocenters. The minimum atomic E-state index is -0.499. The maximum Gasteiger partial charge on any atom is 0.320 e. The third-order valence-electron chi connectivity index (χ3n) is 2.88. The number of rotatable bonds is 6. The molecule has 0 aliphatic carbocycles. The number of ether oxygens (including phenoxy) is 2. The van der Waals surface area contributed by atoms with Crippen molar-refractivity contribution >= 4 is 11.9 Å². The first kappa shape index (κ1) is 20.2. The Hall–Kier alpha value is -1.88. The summed E-state index contributed by atoms with van der Waals surface area (Å²) < 4.78 is 10.6. The summed E-state index contributed by atoms with van der Waals surface area (Å²) in [4.78, 5) is 23.7. The van der Waals surface area contributed by atoms with Crippen LogP contribution in [0.4, 0.5) is 0 Å². The molecule has 0 heterocycles. The number of carbonyl (C=O) groups excluding carboxylic acids is 2. The Balaban J connectivity index is 2.58. The third-order valence-corrected chi connectivity index (χ3v) is 2.88. The maximum absolute atomic E-state index is 12.0. The fourth-order valence-electron chi connectivity index (χ4n) is 2.11. The van der Waals surface area contributed by atoms with Crippen molar-refractivity contribution in [2.75, 3.05) is 6.54 Å². The molecule has 24 heavy (non-hydrogen) atoms. The second-order valence-corrected chi connectivity index (χ2v) is 7.72. The van der Waals surface area contributed by atoms with Gasteiger partial charge in [0.05, 0.1) is 13.0 Å². The largest absolute Gasteiger partial charge is 0.460 e. The van der Waals surface area contributed by atoms with Crippen molar-refractivity contribution in [2.24, 2.45) is 0 Å². The van der Waals surface area contributed by atoms with Gasteiger partial charge in [0.2, 0.25) is 0 Å². The van der Waals surface area contributed by atoms with Crippen LogP contribution in [0.5, 0.6) is 0 Å². The Morgan fingerprint density at radius 1 is 0.875 bits per heavy atom. The van der Waals surface area contributed by atoms with E-state index in [9.17, 15) is 9.59 Å². The van der Waals surface area contributed by atoms with E-state index < -0.39 is 11.2 Å².